The monoisotopic (exact) mass is 1270 g/mol. The Bertz CT molecular complexity index is 6640. The van der Waals surface area contributed by atoms with E-state index in [9.17, 15) is 10.5 Å². The van der Waals surface area contributed by atoms with E-state index in [0.717, 1.165) is 154 Å². The van der Waals surface area contributed by atoms with E-state index in [1.165, 1.54) is 21.5 Å². The van der Waals surface area contributed by atoms with Gasteiger partial charge in [0.2, 0.25) is 0 Å². The first-order valence-electron chi connectivity index (χ1n) is 33.9. The van der Waals surface area contributed by atoms with Gasteiger partial charge in [-0.1, -0.05) is 218 Å². The average molecular weight is 1270 g/mol. The van der Waals surface area contributed by atoms with Gasteiger partial charge in [0.05, 0.1) is 100 Å². The molecule has 15 aromatic carbocycles. The summed E-state index contributed by atoms with van der Waals surface area (Å²) in [6.07, 6.45) is 0. The molecule has 0 radical (unpaired) electrons. The quantitative estimate of drug-likeness (QED) is 0.152. The maximum absolute atomic E-state index is 12.9. The van der Waals surface area contributed by atoms with Gasteiger partial charge >= 0.3 is 0 Å². The minimum absolute atomic E-state index is 0.233. The molecule has 6 aromatic heterocycles. The number of hydrogen-bond donors (Lipinski definition) is 0. The van der Waals surface area contributed by atoms with Crippen molar-refractivity contribution in [1.29, 1.82) is 10.5 Å². The largest absolute Gasteiger partial charge is 0.309 e. The van der Waals surface area contributed by atoms with Gasteiger partial charge in [0.15, 0.2) is 0 Å². The maximum atomic E-state index is 12.9. The van der Waals surface area contributed by atoms with E-state index >= 15 is 0 Å². The smallest absolute Gasteiger partial charge is 0.103 e. The second kappa shape index (κ2) is 21.3. The fourth-order valence-corrected chi connectivity index (χ4v) is 16.9. The minimum atomic E-state index is 0.233. The fourth-order valence-electron chi connectivity index (χ4n) is 16.9. The second-order valence-electron chi connectivity index (χ2n) is 26.1. The van der Waals surface area contributed by atoms with Crippen molar-refractivity contribution in [2.24, 2.45) is 0 Å². The zero-order chi connectivity index (χ0) is 65.8. The number of aromatic nitrogens is 6. The van der Waals surface area contributed by atoms with Crippen molar-refractivity contribution in [3.63, 3.8) is 0 Å². The minimum Gasteiger partial charge on any atom is -0.309 e. The van der Waals surface area contributed by atoms with E-state index in [2.05, 4.69) is 367 Å². The lowest BCUT2D eigenvalue weighted by molar-refractivity contribution is 1.01. The van der Waals surface area contributed by atoms with Crippen LogP contribution in [0.25, 0.3) is 187 Å². The van der Waals surface area contributed by atoms with Crippen LogP contribution in [0.4, 0.5) is 0 Å². The predicted molar refractivity (Wildman–Crippen MR) is 413 cm³/mol. The number of hydrogen-bond acceptors (Lipinski definition) is 2. The lowest BCUT2D eigenvalue weighted by Crippen LogP contribution is -2.17. The van der Waals surface area contributed by atoms with Gasteiger partial charge in [0, 0.05) is 76.0 Å². The molecule has 100 heavy (non-hydrogen) atoms. The van der Waals surface area contributed by atoms with Gasteiger partial charge < -0.3 is 27.4 Å². The van der Waals surface area contributed by atoms with E-state index in [-0.39, 0.29) is 11.1 Å². The topological polar surface area (TPSA) is 77.2 Å². The molecule has 0 N–H and O–H groups in total. The molecule has 0 fully saturated rings. The summed E-state index contributed by atoms with van der Waals surface area (Å²) in [5.74, 6) is 0. The van der Waals surface area contributed by atoms with Gasteiger partial charge in [-0.2, -0.15) is 10.5 Å². The molecule has 0 saturated carbocycles. The number of rotatable bonds is 8. The van der Waals surface area contributed by atoms with Crippen molar-refractivity contribution in [2.45, 2.75) is 0 Å². The highest BCUT2D eigenvalue weighted by Gasteiger charge is 2.35. The normalized spacial score (nSPS) is 12.0. The van der Waals surface area contributed by atoms with Gasteiger partial charge in [-0.15, -0.1) is 0 Å². The molecule has 0 saturated heterocycles. The Morgan fingerprint density at radius 3 is 0.680 bits per heavy atom. The molecule has 21 aromatic rings. The first-order chi connectivity index (χ1) is 49.6. The molecule has 462 valence electrons. The first kappa shape index (κ1) is 55.4. The number of nitrogens with zero attached hydrogens (tertiary/aromatic N) is 8. The summed E-state index contributed by atoms with van der Waals surface area (Å²) in [5.41, 5.74) is 21.1. The van der Waals surface area contributed by atoms with E-state index in [0.29, 0.717) is 11.4 Å². The Morgan fingerprint density at radius 2 is 0.390 bits per heavy atom. The predicted octanol–water partition coefficient (Wildman–Crippen LogP) is 23.3. The zero-order valence-corrected chi connectivity index (χ0v) is 53.8. The molecule has 0 aliphatic carbocycles. The SMILES string of the molecule is N#Cc1c(C#N)c(-n2c3ccccc3c3cc(-n4c5ccccc5c5ccccc54)ccc32)c(-n2c3ccccc3c3cc(-c4ccccc4)ccc32)c(-n2c3ccccc3c3cc(-c4ccccc4)ccc32)c1-n1c2ccccc2c2cc(-n3c4ccccc4c4ccccc43)ccc21. The molecule has 8 heteroatoms. The lowest BCUT2D eigenvalue weighted by atomic mass is 9.98. The van der Waals surface area contributed by atoms with E-state index < -0.39 is 0 Å². The summed E-state index contributed by atoms with van der Waals surface area (Å²) in [5, 5.41) is 38.6. The van der Waals surface area contributed by atoms with Crippen LogP contribution in [0, 0.1) is 22.7 Å². The Kier molecular flexibility index (Phi) is 11.8. The molecular formula is C92H54N8. The van der Waals surface area contributed by atoms with Crippen molar-refractivity contribution >= 4 is 131 Å². The van der Waals surface area contributed by atoms with Crippen LogP contribution in [0.2, 0.25) is 0 Å². The van der Waals surface area contributed by atoms with Gasteiger partial charge in [0.25, 0.3) is 0 Å². The van der Waals surface area contributed by atoms with Crippen LogP contribution >= 0.6 is 0 Å². The highest BCUT2D eigenvalue weighted by atomic mass is 15.1. The molecule has 0 aliphatic rings. The van der Waals surface area contributed by atoms with Crippen LogP contribution in [0.1, 0.15) is 11.1 Å². The Morgan fingerprint density at radius 1 is 0.170 bits per heavy atom. The highest BCUT2D eigenvalue weighted by Crippen LogP contribution is 2.51. The van der Waals surface area contributed by atoms with Gasteiger partial charge in [0.1, 0.15) is 12.1 Å². The third-order valence-corrected chi connectivity index (χ3v) is 21.1. The van der Waals surface area contributed by atoms with E-state index in [1.807, 2.05) is 0 Å². The standard InChI is InChI=1S/C92H54N8/c93-55-75-76(56-94)90(98-82-40-20-14-34-70(82)74-54-62(46-50-88(74)98)96-79-37-17-9-29-65(79)66-30-10-18-38-80(66)96)92(100-84-42-22-12-32-68(84)72-52-60(44-48-86(72)100)58-25-5-2-6-26-58)91(99-83-41-21-11-31-67(83)71-51-59(43-47-85(71)99)57-23-3-1-4-24-57)89(75)97-81-39-19-13-33-69(81)73-53-61(45-49-87(73)97)95-77-35-15-7-27-63(77)64-28-8-16-36-78(64)95/h1-54H. The van der Waals surface area contributed by atoms with Crippen molar-refractivity contribution < 1.29 is 0 Å². The molecule has 0 bridgehead atoms. The summed E-state index contributed by atoms with van der Waals surface area (Å²) in [7, 11) is 0. The molecule has 8 nitrogen and oxygen atoms in total. The van der Waals surface area contributed by atoms with Crippen molar-refractivity contribution in [1.82, 2.24) is 27.4 Å². The summed E-state index contributed by atoms with van der Waals surface area (Å²) >= 11 is 0. The van der Waals surface area contributed by atoms with E-state index in [4.69, 9.17) is 0 Å². The number of benzene rings is 15. The maximum Gasteiger partial charge on any atom is 0.103 e. The van der Waals surface area contributed by atoms with Gasteiger partial charge in [-0.05, 0) is 131 Å². The third-order valence-electron chi connectivity index (χ3n) is 21.1. The van der Waals surface area contributed by atoms with Gasteiger partial charge in [-0.3, -0.25) is 0 Å². The Hall–Kier alpha value is -13.9. The van der Waals surface area contributed by atoms with Crippen molar-refractivity contribution in [3.05, 3.63) is 339 Å². The molecular weight excluding hydrogens is 1220 g/mol. The molecule has 0 spiro atoms. The average Bonchev–Trinajstić information content (AvgIpc) is 1.46. The summed E-state index contributed by atoms with van der Waals surface area (Å²) < 4.78 is 14.2. The second-order valence-corrected chi connectivity index (χ2v) is 26.1. The molecule has 0 unspecified atom stereocenters. The van der Waals surface area contributed by atoms with Gasteiger partial charge in [-0.25, -0.2) is 0 Å². The first-order valence-corrected chi connectivity index (χ1v) is 33.9. The van der Waals surface area contributed by atoms with E-state index in [1.54, 1.807) is 0 Å². The molecule has 21 rings (SSSR count). The number of fused-ring (bicyclic) bond motifs is 18. The van der Waals surface area contributed by atoms with Crippen molar-refractivity contribution in [3.8, 4) is 68.5 Å². The van der Waals surface area contributed by atoms with Crippen LogP contribution in [-0.4, -0.2) is 27.4 Å². The van der Waals surface area contributed by atoms with Crippen LogP contribution in [0.5, 0.6) is 0 Å². The molecule has 0 aliphatic heterocycles. The molecule has 0 atom stereocenters. The van der Waals surface area contributed by atoms with Crippen LogP contribution in [-0.2, 0) is 0 Å². The van der Waals surface area contributed by atoms with Crippen LogP contribution in [0.15, 0.2) is 328 Å². The zero-order valence-electron chi connectivity index (χ0n) is 53.8. The molecule has 0 amide bonds. The van der Waals surface area contributed by atoms with Crippen LogP contribution < -0.4 is 0 Å². The molecule has 6 heterocycles. The lowest BCUT2D eigenvalue weighted by Gasteiger charge is -2.28. The van der Waals surface area contributed by atoms with Crippen LogP contribution in [0.3, 0.4) is 0 Å². The Balaban J connectivity index is 0.976. The summed E-state index contributed by atoms with van der Waals surface area (Å²) in [6, 6.07) is 123. The third kappa shape index (κ3) is 7.73. The Labute approximate surface area is 572 Å². The highest BCUT2D eigenvalue weighted by molar-refractivity contribution is 6.19. The number of nitriles is 2. The summed E-state index contributed by atoms with van der Waals surface area (Å²) in [4.78, 5) is 0. The number of para-hydroxylation sites is 8. The fraction of sp³-hybridized carbons (Fsp3) is 0. The van der Waals surface area contributed by atoms with Crippen molar-refractivity contribution in [2.75, 3.05) is 0 Å². The summed E-state index contributed by atoms with van der Waals surface area (Å²) in [6.45, 7) is 0.